The van der Waals surface area contributed by atoms with Crippen molar-refractivity contribution in [3.8, 4) is 0 Å². The third-order valence-corrected chi connectivity index (χ3v) is 2.17. The highest BCUT2D eigenvalue weighted by Gasteiger charge is 2.06. The summed E-state index contributed by atoms with van der Waals surface area (Å²) in [6.45, 7) is 0.0938. The van der Waals surface area contributed by atoms with Gasteiger partial charge in [-0.3, -0.25) is 0 Å². The lowest BCUT2D eigenvalue weighted by molar-refractivity contribution is 0.276. The number of aromatic nitrogens is 3. The summed E-state index contributed by atoms with van der Waals surface area (Å²) in [6, 6.07) is 3.62. The van der Waals surface area contributed by atoms with E-state index < -0.39 is 0 Å². The number of nitrogens with zero attached hydrogens (tertiary/aromatic N) is 3. The zero-order valence-corrected chi connectivity index (χ0v) is 7.67. The van der Waals surface area contributed by atoms with E-state index in [0.717, 1.165) is 11.2 Å². The van der Waals surface area contributed by atoms with Crippen molar-refractivity contribution >= 4 is 5.65 Å². The van der Waals surface area contributed by atoms with E-state index in [1.54, 1.807) is 4.52 Å². The predicted octanol–water partition coefficient (Wildman–Crippen LogP) is 0.111. The van der Waals surface area contributed by atoms with E-state index in [4.69, 9.17) is 10.8 Å². The van der Waals surface area contributed by atoms with Gasteiger partial charge in [0.25, 0.3) is 0 Å². The van der Waals surface area contributed by atoms with E-state index in [9.17, 15) is 0 Å². The Balaban J connectivity index is 2.33. The van der Waals surface area contributed by atoms with Gasteiger partial charge in [0.1, 0.15) is 6.33 Å². The second-order valence-electron chi connectivity index (χ2n) is 3.14. The highest BCUT2D eigenvalue weighted by atomic mass is 16.3. The number of aliphatic hydroxyl groups excluding tert-OH is 1. The maximum Gasteiger partial charge on any atom is 0.155 e. The molecule has 0 amide bonds. The van der Waals surface area contributed by atoms with Crippen molar-refractivity contribution < 1.29 is 5.11 Å². The van der Waals surface area contributed by atoms with Crippen LogP contribution in [0.2, 0.25) is 0 Å². The molecule has 0 bridgehead atoms. The maximum absolute atomic E-state index is 8.76. The number of aliphatic hydroxyl groups is 1. The van der Waals surface area contributed by atoms with E-state index in [1.807, 2.05) is 18.3 Å². The first kappa shape index (κ1) is 9.11. The standard InChI is InChI=1S/C9H12N4O/c10-8(3-4-14)7-1-2-9-11-6-12-13(9)5-7/h1-2,5-6,8,14H,3-4,10H2. The Morgan fingerprint density at radius 2 is 2.36 bits per heavy atom. The molecule has 0 fully saturated rings. The van der Waals surface area contributed by atoms with E-state index in [1.165, 1.54) is 6.33 Å². The quantitative estimate of drug-likeness (QED) is 0.723. The second kappa shape index (κ2) is 3.73. The molecule has 0 spiro atoms. The zero-order chi connectivity index (χ0) is 9.97. The van der Waals surface area contributed by atoms with Crippen LogP contribution in [0.1, 0.15) is 18.0 Å². The largest absolute Gasteiger partial charge is 0.396 e. The molecule has 0 aromatic carbocycles. The van der Waals surface area contributed by atoms with E-state index in [2.05, 4.69) is 10.1 Å². The average Bonchev–Trinajstić information content (AvgIpc) is 2.64. The molecule has 0 aliphatic rings. The lowest BCUT2D eigenvalue weighted by Crippen LogP contribution is -2.12. The minimum Gasteiger partial charge on any atom is -0.396 e. The first-order chi connectivity index (χ1) is 6.81. The molecule has 5 nitrogen and oxygen atoms in total. The van der Waals surface area contributed by atoms with Crippen molar-refractivity contribution in [3.05, 3.63) is 30.2 Å². The Labute approximate surface area is 81.2 Å². The smallest absolute Gasteiger partial charge is 0.155 e. The number of rotatable bonds is 3. The molecule has 2 aromatic heterocycles. The average molecular weight is 192 g/mol. The third kappa shape index (κ3) is 1.59. The fourth-order valence-electron chi connectivity index (χ4n) is 1.36. The van der Waals surface area contributed by atoms with Crippen LogP contribution >= 0.6 is 0 Å². The molecule has 74 valence electrons. The Morgan fingerprint density at radius 1 is 1.50 bits per heavy atom. The normalized spacial score (nSPS) is 13.3. The van der Waals surface area contributed by atoms with Gasteiger partial charge < -0.3 is 10.8 Å². The summed E-state index contributed by atoms with van der Waals surface area (Å²) in [4.78, 5) is 4.03. The minimum absolute atomic E-state index is 0.0938. The van der Waals surface area contributed by atoms with E-state index in [-0.39, 0.29) is 12.6 Å². The van der Waals surface area contributed by atoms with Gasteiger partial charge in [-0.15, -0.1) is 0 Å². The van der Waals surface area contributed by atoms with Gasteiger partial charge in [0, 0.05) is 18.8 Å². The number of hydrogen-bond donors (Lipinski definition) is 2. The monoisotopic (exact) mass is 192 g/mol. The molecule has 14 heavy (non-hydrogen) atoms. The molecule has 3 N–H and O–H groups in total. The topological polar surface area (TPSA) is 76.4 Å². The van der Waals surface area contributed by atoms with Gasteiger partial charge in [0.15, 0.2) is 5.65 Å². The van der Waals surface area contributed by atoms with Crippen molar-refractivity contribution in [2.24, 2.45) is 5.73 Å². The SMILES string of the molecule is NC(CCO)c1ccc2ncnn2c1. The highest BCUT2D eigenvalue weighted by molar-refractivity contribution is 5.37. The first-order valence-corrected chi connectivity index (χ1v) is 4.47. The fourth-order valence-corrected chi connectivity index (χ4v) is 1.36. The van der Waals surface area contributed by atoms with Crippen LogP contribution in [0.5, 0.6) is 0 Å². The summed E-state index contributed by atoms with van der Waals surface area (Å²) in [5, 5.41) is 12.8. The number of pyridine rings is 1. The number of hydrogen-bond acceptors (Lipinski definition) is 4. The van der Waals surface area contributed by atoms with Crippen molar-refractivity contribution in [1.82, 2.24) is 14.6 Å². The molecule has 2 aromatic rings. The molecule has 2 rings (SSSR count). The second-order valence-corrected chi connectivity index (χ2v) is 3.14. The molecule has 0 saturated carbocycles. The van der Waals surface area contributed by atoms with Gasteiger partial charge in [0.05, 0.1) is 0 Å². The van der Waals surface area contributed by atoms with Crippen LogP contribution in [0.25, 0.3) is 5.65 Å². The Bertz CT molecular complexity index is 425. The molecule has 2 heterocycles. The van der Waals surface area contributed by atoms with Crippen LogP contribution in [0.15, 0.2) is 24.7 Å². The fraction of sp³-hybridized carbons (Fsp3) is 0.333. The molecular formula is C9H12N4O. The van der Waals surface area contributed by atoms with Crippen LogP contribution in [0, 0.1) is 0 Å². The minimum atomic E-state index is -0.145. The highest BCUT2D eigenvalue weighted by Crippen LogP contribution is 2.13. The van der Waals surface area contributed by atoms with E-state index >= 15 is 0 Å². The van der Waals surface area contributed by atoms with Crippen molar-refractivity contribution in [3.63, 3.8) is 0 Å². The van der Waals surface area contributed by atoms with Crippen molar-refractivity contribution in [1.29, 1.82) is 0 Å². The van der Waals surface area contributed by atoms with Gasteiger partial charge in [0.2, 0.25) is 0 Å². The zero-order valence-electron chi connectivity index (χ0n) is 7.67. The van der Waals surface area contributed by atoms with E-state index in [0.29, 0.717) is 6.42 Å². The lowest BCUT2D eigenvalue weighted by Gasteiger charge is -2.09. The summed E-state index contributed by atoms with van der Waals surface area (Å²) in [5.41, 5.74) is 7.60. The summed E-state index contributed by atoms with van der Waals surface area (Å²) >= 11 is 0. The molecular weight excluding hydrogens is 180 g/mol. The first-order valence-electron chi connectivity index (χ1n) is 4.47. The Morgan fingerprint density at radius 3 is 3.14 bits per heavy atom. The summed E-state index contributed by atoms with van der Waals surface area (Å²) in [7, 11) is 0. The summed E-state index contributed by atoms with van der Waals surface area (Å²) in [5.74, 6) is 0. The predicted molar refractivity (Wildman–Crippen MR) is 51.6 cm³/mol. The van der Waals surface area contributed by atoms with Crippen LogP contribution in [0.3, 0.4) is 0 Å². The van der Waals surface area contributed by atoms with Crippen molar-refractivity contribution in [2.75, 3.05) is 6.61 Å². The molecule has 0 aliphatic heterocycles. The molecule has 0 radical (unpaired) electrons. The molecule has 0 saturated heterocycles. The van der Waals surface area contributed by atoms with Gasteiger partial charge >= 0.3 is 0 Å². The summed E-state index contributed by atoms with van der Waals surface area (Å²) in [6.07, 6.45) is 3.89. The van der Waals surface area contributed by atoms with Gasteiger partial charge in [-0.1, -0.05) is 6.07 Å². The molecule has 0 aliphatic carbocycles. The molecule has 5 heteroatoms. The van der Waals surface area contributed by atoms with Gasteiger partial charge in [-0.25, -0.2) is 9.50 Å². The number of nitrogens with two attached hydrogens (primary N) is 1. The Hall–Kier alpha value is -1.46. The Kier molecular flexibility index (Phi) is 2.43. The van der Waals surface area contributed by atoms with Gasteiger partial charge in [-0.05, 0) is 18.1 Å². The van der Waals surface area contributed by atoms with Crippen LogP contribution in [-0.4, -0.2) is 26.3 Å². The third-order valence-electron chi connectivity index (χ3n) is 2.17. The van der Waals surface area contributed by atoms with Crippen LogP contribution in [-0.2, 0) is 0 Å². The lowest BCUT2D eigenvalue weighted by atomic mass is 10.1. The van der Waals surface area contributed by atoms with Crippen LogP contribution < -0.4 is 5.73 Å². The van der Waals surface area contributed by atoms with Crippen molar-refractivity contribution in [2.45, 2.75) is 12.5 Å². The molecule has 1 atom stereocenters. The number of fused-ring (bicyclic) bond motifs is 1. The van der Waals surface area contributed by atoms with Crippen LogP contribution in [0.4, 0.5) is 0 Å². The van der Waals surface area contributed by atoms with Gasteiger partial charge in [-0.2, -0.15) is 5.10 Å². The maximum atomic E-state index is 8.76. The molecule has 1 unspecified atom stereocenters. The summed E-state index contributed by atoms with van der Waals surface area (Å²) < 4.78 is 1.67.